The fourth-order valence-corrected chi connectivity index (χ4v) is 10.4. The first kappa shape index (κ1) is 41.4. The summed E-state index contributed by atoms with van der Waals surface area (Å²) in [4.78, 5) is 50.3. The van der Waals surface area contributed by atoms with Gasteiger partial charge in [0.15, 0.2) is 22.8 Å². The number of carbonyl (C=O) groups excluding carboxylic acids is 3. The van der Waals surface area contributed by atoms with E-state index in [4.69, 9.17) is 18.9 Å². The van der Waals surface area contributed by atoms with Gasteiger partial charge in [0.25, 0.3) is 0 Å². The molecule has 1 aromatic rings. The van der Waals surface area contributed by atoms with Crippen molar-refractivity contribution in [3.05, 3.63) is 58.2 Å². The van der Waals surface area contributed by atoms with Gasteiger partial charge in [0, 0.05) is 56.5 Å². The lowest BCUT2D eigenvalue weighted by Crippen LogP contribution is -2.80. The predicted molar refractivity (Wildman–Crippen MR) is 220 cm³/mol. The molecule has 11 heteroatoms. The Morgan fingerprint density at radius 2 is 1.72 bits per heavy atom. The van der Waals surface area contributed by atoms with Crippen molar-refractivity contribution in [2.75, 3.05) is 60.5 Å². The van der Waals surface area contributed by atoms with Crippen LogP contribution in [-0.4, -0.2) is 126 Å². The Bertz CT molecular complexity index is 1930. The highest BCUT2D eigenvalue weighted by Gasteiger charge is 2.85. The SMILES string of the molecule is CC(C)=CCC[C@]1(C)C=Cc2c(O)c3c(c(CC=C(C)C)c2O1)O[C@]12C(C3=O)C(OCCN(C)C)[C@@H]3CC1C(C)(C)O[C@@]2(C/C=C/C(=O)N1CCN(C)CC1)C3=O. The number of carbonyl (C=O) groups is 3. The van der Waals surface area contributed by atoms with E-state index in [2.05, 4.69) is 30.9 Å². The summed E-state index contributed by atoms with van der Waals surface area (Å²) in [6.07, 6.45) is 13.0. The van der Waals surface area contributed by atoms with Crippen LogP contribution in [0, 0.1) is 17.8 Å². The largest absolute Gasteiger partial charge is 0.506 e. The molecule has 0 radical (unpaired) electrons. The molecule has 310 valence electrons. The van der Waals surface area contributed by atoms with E-state index in [1.54, 1.807) is 12.2 Å². The second-order valence-corrected chi connectivity index (χ2v) is 18.7. The van der Waals surface area contributed by atoms with E-state index < -0.39 is 40.3 Å². The predicted octanol–water partition coefficient (Wildman–Crippen LogP) is 6.18. The molecule has 2 saturated heterocycles. The van der Waals surface area contributed by atoms with E-state index in [1.165, 1.54) is 5.57 Å². The fraction of sp³-hybridized carbons (Fsp3) is 0.630. The summed E-state index contributed by atoms with van der Waals surface area (Å²) in [5, 5.41) is 12.2. The number of ketones is 2. The number of phenols is 1. The molecule has 3 unspecified atom stereocenters. The maximum atomic E-state index is 15.6. The van der Waals surface area contributed by atoms with Crippen LogP contribution in [0.15, 0.2) is 41.5 Å². The zero-order valence-electron chi connectivity index (χ0n) is 35.7. The normalized spacial score (nSPS) is 32.2. The number of likely N-dealkylation sites (N-methyl/N-ethyl adjacent to an activating group) is 2. The molecule has 11 nitrogen and oxygen atoms in total. The summed E-state index contributed by atoms with van der Waals surface area (Å²) in [6.45, 7) is 17.9. The molecule has 7 aliphatic rings. The number of fused-ring (bicyclic) bond motifs is 2. The van der Waals surface area contributed by atoms with Crippen molar-refractivity contribution in [3.8, 4) is 17.2 Å². The van der Waals surface area contributed by atoms with Gasteiger partial charge in [-0.2, -0.15) is 0 Å². The van der Waals surface area contributed by atoms with Crippen LogP contribution in [0.5, 0.6) is 17.2 Å². The second-order valence-electron chi connectivity index (χ2n) is 18.7. The topological polar surface area (TPSA) is 118 Å². The molecule has 1 aromatic carbocycles. The first-order valence-electron chi connectivity index (χ1n) is 20.8. The van der Waals surface area contributed by atoms with E-state index in [1.807, 2.05) is 77.7 Å². The molecule has 1 N–H and O–H groups in total. The molecular weight excluding hydrogens is 723 g/mol. The lowest BCUT2D eigenvalue weighted by Gasteiger charge is -2.62. The monoisotopic (exact) mass is 785 g/mol. The van der Waals surface area contributed by atoms with Crippen molar-refractivity contribution < 1.29 is 38.4 Å². The molecule has 4 aliphatic heterocycles. The minimum atomic E-state index is -1.60. The summed E-state index contributed by atoms with van der Waals surface area (Å²) >= 11 is 0. The molecule has 4 heterocycles. The Balaban J connectivity index is 1.39. The van der Waals surface area contributed by atoms with Gasteiger partial charge in [-0.3, -0.25) is 14.4 Å². The molecule has 0 aromatic heterocycles. The summed E-state index contributed by atoms with van der Waals surface area (Å²) in [5.41, 5.74) is -1.16. The molecule has 1 spiro atoms. The van der Waals surface area contributed by atoms with Gasteiger partial charge in [-0.25, -0.2) is 0 Å². The van der Waals surface area contributed by atoms with Crippen LogP contribution in [0.2, 0.25) is 0 Å². The van der Waals surface area contributed by atoms with Gasteiger partial charge in [0.1, 0.15) is 28.4 Å². The lowest BCUT2D eigenvalue weighted by atomic mass is 9.45. The van der Waals surface area contributed by atoms with Gasteiger partial charge in [0.2, 0.25) is 5.91 Å². The van der Waals surface area contributed by atoms with Crippen molar-refractivity contribution in [2.45, 2.75) is 109 Å². The van der Waals surface area contributed by atoms with Crippen molar-refractivity contribution in [3.63, 3.8) is 0 Å². The molecule has 4 bridgehead atoms. The average Bonchev–Trinajstić information content (AvgIpc) is 3.26. The van der Waals surface area contributed by atoms with E-state index in [-0.39, 0.29) is 46.9 Å². The van der Waals surface area contributed by atoms with Gasteiger partial charge in [0.05, 0.1) is 29.8 Å². The molecule has 57 heavy (non-hydrogen) atoms. The number of piperazine rings is 1. The van der Waals surface area contributed by atoms with Crippen LogP contribution in [0.1, 0.15) is 95.6 Å². The van der Waals surface area contributed by atoms with Crippen LogP contribution in [-0.2, 0) is 25.5 Å². The third kappa shape index (κ3) is 6.90. The van der Waals surface area contributed by atoms with Crippen LogP contribution in [0.25, 0.3) is 6.08 Å². The standard InChI is InChI=1S/C46H63N3O8/c1-28(2)13-11-18-44(7)20-17-30-37(51)35-38(52)36-41(54-26-25-47(8)9)32-27-33-43(5,6)57-45(42(32)53,19-12-14-34(50)49-23-21-48(10)22-24-49)46(33,36)56-40(35)31(39(30)55-44)16-15-29(3)4/h12-15,17,20,32-33,36,41,51H,11,16,18-19,21-27H2,1-10H3/b14-12+/t32-,33?,36?,41?,44+,45-,46-/m0/s1. The minimum Gasteiger partial charge on any atom is -0.506 e. The first-order valence-corrected chi connectivity index (χ1v) is 20.8. The maximum absolute atomic E-state index is 15.6. The average molecular weight is 786 g/mol. The Hall–Kier alpha value is -3.77. The smallest absolute Gasteiger partial charge is 0.246 e. The van der Waals surface area contributed by atoms with Crippen molar-refractivity contribution in [2.24, 2.45) is 17.8 Å². The van der Waals surface area contributed by atoms with Gasteiger partial charge in [-0.05, 0) is 114 Å². The molecule has 1 amide bonds. The highest BCUT2D eigenvalue weighted by molar-refractivity contribution is 6.10. The summed E-state index contributed by atoms with van der Waals surface area (Å²) in [5.74, 6) is -2.07. The number of benzene rings is 1. The zero-order valence-corrected chi connectivity index (χ0v) is 35.7. The highest BCUT2D eigenvalue weighted by Crippen LogP contribution is 2.70. The van der Waals surface area contributed by atoms with Gasteiger partial charge in [-0.15, -0.1) is 0 Å². The Morgan fingerprint density at radius 1 is 1.02 bits per heavy atom. The molecule has 7 atom stereocenters. The lowest BCUT2D eigenvalue weighted by molar-refractivity contribution is -0.227. The number of allylic oxidation sites excluding steroid dienone is 4. The van der Waals surface area contributed by atoms with Crippen LogP contribution in [0.3, 0.4) is 0 Å². The molecular formula is C46H63N3O8. The molecule has 5 fully saturated rings. The Kier molecular flexibility index (Phi) is 11.0. The van der Waals surface area contributed by atoms with E-state index >= 15 is 9.59 Å². The van der Waals surface area contributed by atoms with Gasteiger partial charge < -0.3 is 38.8 Å². The third-order valence-electron chi connectivity index (χ3n) is 13.3. The highest BCUT2D eigenvalue weighted by atomic mass is 16.6. The van der Waals surface area contributed by atoms with Crippen LogP contribution >= 0.6 is 0 Å². The van der Waals surface area contributed by atoms with E-state index in [0.717, 1.165) is 25.1 Å². The third-order valence-corrected chi connectivity index (χ3v) is 13.3. The molecule has 3 saturated carbocycles. The number of nitrogens with zero attached hydrogens (tertiary/aromatic N) is 3. The summed E-state index contributed by atoms with van der Waals surface area (Å²) in [6, 6.07) is 0. The number of rotatable bonds is 12. The van der Waals surface area contributed by atoms with Gasteiger partial charge >= 0.3 is 0 Å². The molecule has 8 rings (SSSR count). The number of phenolic OH excluding ortho intramolecular Hbond substituents is 1. The van der Waals surface area contributed by atoms with Crippen molar-refractivity contribution >= 4 is 23.5 Å². The number of ether oxygens (including phenoxy) is 4. The van der Waals surface area contributed by atoms with Crippen molar-refractivity contribution in [1.82, 2.24) is 14.7 Å². The first-order chi connectivity index (χ1) is 26.9. The second kappa shape index (κ2) is 15.1. The number of Topliss-reactive ketones (excluding diaryl/α,β-unsaturated/α-hetero) is 2. The molecule has 3 aliphatic carbocycles. The quantitative estimate of drug-likeness (QED) is 0.195. The fourth-order valence-electron chi connectivity index (χ4n) is 10.4. The van der Waals surface area contributed by atoms with Crippen molar-refractivity contribution in [1.29, 1.82) is 0 Å². The van der Waals surface area contributed by atoms with Crippen LogP contribution < -0.4 is 9.47 Å². The Morgan fingerprint density at radius 3 is 2.39 bits per heavy atom. The summed E-state index contributed by atoms with van der Waals surface area (Å²) < 4.78 is 28.1. The number of amides is 1. The number of hydrogen-bond donors (Lipinski definition) is 1. The zero-order chi connectivity index (χ0) is 41.2. The van der Waals surface area contributed by atoms with E-state index in [0.29, 0.717) is 62.4 Å². The maximum Gasteiger partial charge on any atom is 0.246 e. The van der Waals surface area contributed by atoms with E-state index in [9.17, 15) is 9.90 Å². The number of hydrogen-bond acceptors (Lipinski definition) is 10. The van der Waals surface area contributed by atoms with Gasteiger partial charge in [-0.1, -0.05) is 29.4 Å². The minimum absolute atomic E-state index is 0.0488. The number of aromatic hydroxyl groups is 1. The Labute approximate surface area is 338 Å². The van der Waals surface area contributed by atoms with Crippen LogP contribution in [0.4, 0.5) is 0 Å². The summed E-state index contributed by atoms with van der Waals surface area (Å²) in [7, 11) is 5.95.